The van der Waals surface area contributed by atoms with Crippen molar-refractivity contribution in [3.63, 3.8) is 0 Å². The average molecular weight is 357 g/mol. The Hall–Kier alpha value is -1.23. The minimum atomic E-state index is -0.615. The molecule has 0 aliphatic rings. The summed E-state index contributed by atoms with van der Waals surface area (Å²) in [6.07, 6.45) is -0.615. The Morgan fingerprint density at radius 3 is 2.60 bits per heavy atom. The van der Waals surface area contributed by atoms with Gasteiger partial charge in [0.15, 0.2) is 0 Å². The molecule has 0 aliphatic heterocycles. The molecule has 2 N–H and O–H groups in total. The highest BCUT2D eigenvalue weighted by molar-refractivity contribution is 9.10. The third-order valence-electron chi connectivity index (χ3n) is 2.91. The summed E-state index contributed by atoms with van der Waals surface area (Å²) in [5.74, 6) is 0.768. The van der Waals surface area contributed by atoms with Crippen molar-refractivity contribution in [2.24, 2.45) is 0 Å². The molecule has 3 nitrogen and oxygen atoms in total. The van der Waals surface area contributed by atoms with Gasteiger partial charge in [0, 0.05) is 11.0 Å². The normalized spacial score (nSPS) is 12.0. The number of aliphatic hydroxyl groups excluding tert-OH is 1. The minimum absolute atomic E-state index is 0.377. The fourth-order valence-electron chi connectivity index (χ4n) is 1.78. The fourth-order valence-corrected chi connectivity index (χ4v) is 2.33. The molecular formula is C15H15BrClNO2. The fraction of sp³-hybridized carbons (Fsp3) is 0.200. The molecule has 2 aromatic rings. The Balaban J connectivity index is 2.00. The van der Waals surface area contributed by atoms with E-state index in [4.69, 9.17) is 16.3 Å². The molecule has 0 aromatic heterocycles. The van der Waals surface area contributed by atoms with Crippen molar-refractivity contribution < 1.29 is 9.84 Å². The van der Waals surface area contributed by atoms with Crippen LogP contribution in [0, 0.1) is 0 Å². The van der Waals surface area contributed by atoms with Crippen LogP contribution in [0.15, 0.2) is 46.9 Å². The van der Waals surface area contributed by atoms with Crippen LogP contribution in [0.2, 0.25) is 5.02 Å². The van der Waals surface area contributed by atoms with Crippen molar-refractivity contribution in [3.8, 4) is 5.75 Å². The summed E-state index contributed by atoms with van der Waals surface area (Å²) in [6, 6.07) is 12.9. The second-order valence-corrected chi connectivity index (χ2v) is 5.62. The largest absolute Gasteiger partial charge is 0.497 e. The molecule has 1 unspecified atom stereocenters. The number of methoxy groups -OCH3 is 1. The standard InChI is InChI=1S/C15H15BrClNO2/c1-20-12-5-2-10(3-6-12)15(19)9-18-14-8-11(16)4-7-13(14)17/h2-8,15,18-19H,9H2,1H3. The van der Waals surface area contributed by atoms with Gasteiger partial charge < -0.3 is 15.2 Å². The number of halogens is 2. The first-order valence-electron chi connectivity index (χ1n) is 6.11. The molecule has 0 amide bonds. The summed E-state index contributed by atoms with van der Waals surface area (Å²) in [7, 11) is 1.61. The predicted molar refractivity (Wildman–Crippen MR) is 85.6 cm³/mol. The molecule has 0 aliphatic carbocycles. The summed E-state index contributed by atoms with van der Waals surface area (Å²) >= 11 is 9.47. The summed E-state index contributed by atoms with van der Waals surface area (Å²) in [5.41, 5.74) is 1.61. The van der Waals surface area contributed by atoms with Gasteiger partial charge in [-0.15, -0.1) is 0 Å². The molecule has 0 saturated carbocycles. The number of hydrogen-bond acceptors (Lipinski definition) is 3. The molecule has 20 heavy (non-hydrogen) atoms. The molecule has 0 bridgehead atoms. The van der Waals surface area contributed by atoms with E-state index in [1.165, 1.54) is 0 Å². The van der Waals surface area contributed by atoms with Crippen molar-refractivity contribution in [1.82, 2.24) is 0 Å². The van der Waals surface area contributed by atoms with Crippen molar-refractivity contribution >= 4 is 33.2 Å². The molecule has 2 aromatic carbocycles. The van der Waals surface area contributed by atoms with Crippen LogP contribution in [0.1, 0.15) is 11.7 Å². The van der Waals surface area contributed by atoms with Gasteiger partial charge in [-0.1, -0.05) is 39.7 Å². The van der Waals surface area contributed by atoms with Gasteiger partial charge in [-0.25, -0.2) is 0 Å². The Labute approximate surface area is 131 Å². The van der Waals surface area contributed by atoms with E-state index < -0.39 is 6.10 Å². The van der Waals surface area contributed by atoms with Crippen LogP contribution in [0.25, 0.3) is 0 Å². The highest BCUT2D eigenvalue weighted by Gasteiger charge is 2.09. The molecule has 0 spiro atoms. The quantitative estimate of drug-likeness (QED) is 0.841. The van der Waals surface area contributed by atoms with Crippen molar-refractivity contribution in [2.75, 3.05) is 19.0 Å². The Morgan fingerprint density at radius 2 is 1.95 bits per heavy atom. The number of rotatable bonds is 5. The van der Waals surface area contributed by atoms with E-state index in [0.717, 1.165) is 21.5 Å². The number of ether oxygens (including phenoxy) is 1. The zero-order valence-corrected chi connectivity index (χ0v) is 13.3. The summed E-state index contributed by atoms with van der Waals surface area (Å²) in [5, 5.41) is 13.9. The molecule has 0 heterocycles. The first-order valence-corrected chi connectivity index (χ1v) is 7.28. The van der Waals surface area contributed by atoms with E-state index in [0.29, 0.717) is 11.6 Å². The lowest BCUT2D eigenvalue weighted by Crippen LogP contribution is -2.12. The van der Waals surface area contributed by atoms with E-state index in [9.17, 15) is 5.11 Å². The number of benzene rings is 2. The molecule has 0 saturated heterocycles. The van der Waals surface area contributed by atoms with Crippen molar-refractivity contribution in [2.45, 2.75) is 6.10 Å². The van der Waals surface area contributed by atoms with Gasteiger partial charge in [0.05, 0.1) is 23.9 Å². The number of nitrogens with one attached hydrogen (secondary N) is 1. The monoisotopic (exact) mass is 355 g/mol. The van der Waals surface area contributed by atoms with Crippen LogP contribution >= 0.6 is 27.5 Å². The maximum absolute atomic E-state index is 10.1. The molecule has 106 valence electrons. The third-order valence-corrected chi connectivity index (χ3v) is 3.74. The van der Waals surface area contributed by atoms with Gasteiger partial charge in [0.1, 0.15) is 5.75 Å². The van der Waals surface area contributed by atoms with Crippen LogP contribution in [0.5, 0.6) is 5.75 Å². The second-order valence-electron chi connectivity index (χ2n) is 4.29. The molecular weight excluding hydrogens is 342 g/mol. The molecule has 0 radical (unpaired) electrons. The summed E-state index contributed by atoms with van der Waals surface area (Å²) in [4.78, 5) is 0. The van der Waals surface area contributed by atoms with Gasteiger partial charge in [0.2, 0.25) is 0 Å². The van der Waals surface area contributed by atoms with Crippen molar-refractivity contribution in [3.05, 3.63) is 57.5 Å². The van der Waals surface area contributed by atoms with Crippen LogP contribution in [0.4, 0.5) is 5.69 Å². The lowest BCUT2D eigenvalue weighted by Gasteiger charge is -2.14. The van der Waals surface area contributed by atoms with Gasteiger partial charge in [-0.3, -0.25) is 0 Å². The van der Waals surface area contributed by atoms with Gasteiger partial charge in [-0.05, 0) is 35.9 Å². The molecule has 1 atom stereocenters. The van der Waals surface area contributed by atoms with Gasteiger partial charge in [0.25, 0.3) is 0 Å². The van der Waals surface area contributed by atoms with Crippen LogP contribution in [-0.4, -0.2) is 18.8 Å². The third kappa shape index (κ3) is 3.88. The second kappa shape index (κ2) is 6.97. The van der Waals surface area contributed by atoms with Crippen LogP contribution < -0.4 is 10.1 Å². The molecule has 2 rings (SSSR count). The average Bonchev–Trinajstić information content (AvgIpc) is 2.48. The highest BCUT2D eigenvalue weighted by Crippen LogP contribution is 2.26. The van der Waals surface area contributed by atoms with E-state index in [-0.39, 0.29) is 0 Å². The smallest absolute Gasteiger partial charge is 0.118 e. The lowest BCUT2D eigenvalue weighted by atomic mass is 10.1. The first-order chi connectivity index (χ1) is 9.60. The SMILES string of the molecule is COc1ccc(C(O)CNc2cc(Br)ccc2Cl)cc1. The number of hydrogen-bond donors (Lipinski definition) is 2. The number of anilines is 1. The van der Waals surface area contributed by atoms with Crippen LogP contribution in [0.3, 0.4) is 0 Å². The van der Waals surface area contributed by atoms with Gasteiger partial charge in [-0.2, -0.15) is 0 Å². The maximum Gasteiger partial charge on any atom is 0.118 e. The molecule has 0 fully saturated rings. The number of aliphatic hydroxyl groups is 1. The van der Waals surface area contributed by atoms with Crippen LogP contribution in [-0.2, 0) is 0 Å². The van der Waals surface area contributed by atoms with Gasteiger partial charge >= 0.3 is 0 Å². The Bertz CT molecular complexity index is 575. The summed E-state index contributed by atoms with van der Waals surface area (Å²) < 4.78 is 6.02. The van der Waals surface area contributed by atoms with E-state index in [1.807, 2.05) is 36.4 Å². The Morgan fingerprint density at radius 1 is 1.25 bits per heavy atom. The van der Waals surface area contributed by atoms with Crippen molar-refractivity contribution in [1.29, 1.82) is 0 Å². The topological polar surface area (TPSA) is 41.5 Å². The summed E-state index contributed by atoms with van der Waals surface area (Å²) in [6.45, 7) is 0.377. The first kappa shape index (κ1) is 15.2. The zero-order valence-electron chi connectivity index (χ0n) is 10.9. The van der Waals surface area contributed by atoms with E-state index >= 15 is 0 Å². The highest BCUT2D eigenvalue weighted by atomic mass is 79.9. The molecule has 5 heteroatoms. The van der Waals surface area contributed by atoms with E-state index in [2.05, 4.69) is 21.2 Å². The zero-order chi connectivity index (χ0) is 14.5. The van der Waals surface area contributed by atoms with E-state index in [1.54, 1.807) is 13.2 Å². The Kier molecular flexibility index (Phi) is 5.29. The lowest BCUT2D eigenvalue weighted by molar-refractivity contribution is 0.191. The minimum Gasteiger partial charge on any atom is -0.497 e. The maximum atomic E-state index is 10.1. The predicted octanol–water partition coefficient (Wildman–Crippen LogP) is 4.26.